The summed E-state index contributed by atoms with van der Waals surface area (Å²) in [6.45, 7) is 4.30. The summed E-state index contributed by atoms with van der Waals surface area (Å²) in [5.41, 5.74) is 0. The van der Waals surface area contributed by atoms with Crippen LogP contribution in [0.15, 0.2) is 10.1 Å². The first-order chi connectivity index (χ1) is 4.66. The van der Waals surface area contributed by atoms with Crippen molar-refractivity contribution in [2.24, 2.45) is 0 Å². The molecule has 0 saturated carbocycles. The lowest BCUT2D eigenvalue weighted by atomic mass is 10.4. The van der Waals surface area contributed by atoms with E-state index in [0.717, 1.165) is 11.6 Å². The molecule has 0 aromatic carbocycles. The number of thioether (sulfide) groups is 1. The van der Waals surface area contributed by atoms with Gasteiger partial charge < -0.3 is 4.90 Å². The number of hydrogen-bond acceptors (Lipinski definition) is 2. The predicted octanol–water partition coefficient (Wildman–Crippen LogP) is 2.83. The van der Waals surface area contributed by atoms with Gasteiger partial charge in [-0.25, -0.2) is 0 Å². The van der Waals surface area contributed by atoms with Gasteiger partial charge in [0.2, 0.25) is 0 Å². The van der Waals surface area contributed by atoms with Gasteiger partial charge in [-0.1, -0.05) is 18.5 Å². The van der Waals surface area contributed by atoms with Gasteiger partial charge in [0.15, 0.2) is 0 Å². The zero-order valence-corrected chi connectivity index (χ0v) is 8.09. The maximum atomic E-state index is 6.01. The largest absolute Gasteiger partial charge is 0.353 e. The number of allylic oxidation sites excluding steroid dienone is 1. The van der Waals surface area contributed by atoms with Crippen LogP contribution in [-0.2, 0) is 0 Å². The molecule has 58 valence electrons. The summed E-state index contributed by atoms with van der Waals surface area (Å²) in [6.07, 6.45) is 1.05. The van der Waals surface area contributed by atoms with Gasteiger partial charge in [-0.05, 0) is 13.3 Å². The van der Waals surface area contributed by atoms with E-state index in [1.807, 2.05) is 18.8 Å². The Labute approximate surface area is 71.4 Å². The second-order valence-corrected chi connectivity index (χ2v) is 4.16. The van der Waals surface area contributed by atoms with Crippen LogP contribution in [0, 0.1) is 0 Å². The third kappa shape index (κ3) is 1.28. The highest BCUT2D eigenvalue weighted by molar-refractivity contribution is 8.03. The predicted molar refractivity (Wildman–Crippen MR) is 48.0 cm³/mol. The molecule has 1 heterocycles. The minimum absolute atomic E-state index is 0.516. The summed E-state index contributed by atoms with van der Waals surface area (Å²) in [5, 5.41) is 1.45. The molecule has 0 spiro atoms. The molecule has 0 aromatic rings. The molecule has 0 saturated heterocycles. The van der Waals surface area contributed by atoms with Gasteiger partial charge in [0, 0.05) is 12.0 Å². The van der Waals surface area contributed by atoms with E-state index in [1.54, 1.807) is 0 Å². The number of halogens is 1. The van der Waals surface area contributed by atoms with Gasteiger partial charge in [-0.15, -0.1) is 11.8 Å². The molecule has 0 amide bonds. The topological polar surface area (TPSA) is 3.24 Å². The van der Waals surface area contributed by atoms with E-state index < -0.39 is 0 Å². The van der Waals surface area contributed by atoms with E-state index in [4.69, 9.17) is 11.6 Å². The van der Waals surface area contributed by atoms with E-state index in [-0.39, 0.29) is 0 Å². The molecule has 0 N–H and O–H groups in total. The average molecular weight is 178 g/mol. The van der Waals surface area contributed by atoms with Crippen molar-refractivity contribution < 1.29 is 0 Å². The maximum Gasteiger partial charge on any atom is 0.115 e. The summed E-state index contributed by atoms with van der Waals surface area (Å²) in [7, 11) is 2.03. The summed E-state index contributed by atoms with van der Waals surface area (Å²) in [6, 6.07) is 0. The molecular weight excluding hydrogens is 166 g/mol. The first kappa shape index (κ1) is 8.28. The Bertz CT molecular complexity index is 167. The first-order valence-corrected chi connectivity index (χ1v) is 4.70. The fraction of sp³-hybridized carbons (Fsp3) is 0.714. The maximum absolute atomic E-state index is 6.01. The molecule has 1 nitrogen and oxygen atoms in total. The van der Waals surface area contributed by atoms with Crippen molar-refractivity contribution in [3.8, 4) is 0 Å². The second-order valence-electron chi connectivity index (χ2n) is 2.40. The van der Waals surface area contributed by atoms with Crippen molar-refractivity contribution in [2.75, 3.05) is 7.05 Å². The lowest BCUT2D eigenvalue weighted by Crippen LogP contribution is -2.18. The summed E-state index contributed by atoms with van der Waals surface area (Å²) >= 11 is 7.86. The molecule has 1 aliphatic heterocycles. The third-order valence-corrected chi connectivity index (χ3v) is 3.75. The molecule has 1 rings (SSSR count). The van der Waals surface area contributed by atoms with Crippen molar-refractivity contribution in [1.82, 2.24) is 4.90 Å². The summed E-state index contributed by atoms with van der Waals surface area (Å²) < 4.78 is 0. The monoisotopic (exact) mass is 177 g/mol. The highest BCUT2D eigenvalue weighted by Crippen LogP contribution is 2.39. The van der Waals surface area contributed by atoms with Crippen LogP contribution in [0.1, 0.15) is 20.3 Å². The van der Waals surface area contributed by atoms with Gasteiger partial charge in [-0.3, -0.25) is 0 Å². The van der Waals surface area contributed by atoms with Crippen LogP contribution in [0.2, 0.25) is 0 Å². The van der Waals surface area contributed by atoms with Crippen LogP contribution in [-0.4, -0.2) is 17.3 Å². The minimum atomic E-state index is 0.516. The highest BCUT2D eigenvalue weighted by Gasteiger charge is 2.23. The molecule has 3 heteroatoms. The zero-order chi connectivity index (χ0) is 7.72. The Kier molecular flexibility index (Phi) is 2.53. The lowest BCUT2D eigenvalue weighted by molar-refractivity contribution is 0.445. The van der Waals surface area contributed by atoms with E-state index >= 15 is 0 Å². The molecule has 0 bridgehead atoms. The Morgan fingerprint density at radius 1 is 1.70 bits per heavy atom. The van der Waals surface area contributed by atoms with Crippen molar-refractivity contribution in [3.63, 3.8) is 0 Å². The fourth-order valence-electron chi connectivity index (χ4n) is 0.919. The van der Waals surface area contributed by atoms with Gasteiger partial charge in [0.05, 0.1) is 5.37 Å². The number of hydrogen-bond donors (Lipinski definition) is 0. The van der Waals surface area contributed by atoms with E-state index in [9.17, 15) is 0 Å². The lowest BCUT2D eigenvalue weighted by Gasteiger charge is -2.16. The van der Waals surface area contributed by atoms with Gasteiger partial charge in [0.25, 0.3) is 0 Å². The van der Waals surface area contributed by atoms with E-state index in [2.05, 4.69) is 18.7 Å². The first-order valence-electron chi connectivity index (χ1n) is 3.45. The molecule has 1 atom stereocenters. The number of rotatable bonds is 1. The van der Waals surface area contributed by atoms with Gasteiger partial charge >= 0.3 is 0 Å². The second kappa shape index (κ2) is 3.05. The Hall–Kier alpha value is 0.180. The SMILES string of the molecule is CCC1=C(Cl)N(C)C(C)S1. The van der Waals surface area contributed by atoms with Gasteiger partial charge in [-0.2, -0.15) is 0 Å². The van der Waals surface area contributed by atoms with Gasteiger partial charge in [0.1, 0.15) is 5.16 Å². The smallest absolute Gasteiger partial charge is 0.115 e. The van der Waals surface area contributed by atoms with Crippen LogP contribution in [0.3, 0.4) is 0 Å². The quantitative estimate of drug-likeness (QED) is 0.567. The normalized spacial score (nSPS) is 26.4. The van der Waals surface area contributed by atoms with Crippen LogP contribution in [0.25, 0.3) is 0 Å². The Morgan fingerprint density at radius 2 is 2.30 bits per heavy atom. The molecular formula is C7H12ClNS. The standard InChI is InChI=1S/C7H12ClNS/c1-4-6-7(8)9(3)5(2)10-6/h5H,4H2,1-3H3. The van der Waals surface area contributed by atoms with E-state index in [0.29, 0.717) is 5.37 Å². The fourth-order valence-corrected chi connectivity index (χ4v) is 2.47. The molecule has 10 heavy (non-hydrogen) atoms. The van der Waals surface area contributed by atoms with Crippen molar-refractivity contribution in [3.05, 3.63) is 10.1 Å². The van der Waals surface area contributed by atoms with Crippen molar-refractivity contribution in [2.45, 2.75) is 25.6 Å². The zero-order valence-electron chi connectivity index (χ0n) is 6.52. The molecule has 1 aliphatic rings. The molecule has 0 radical (unpaired) electrons. The van der Waals surface area contributed by atoms with Crippen LogP contribution < -0.4 is 0 Å². The van der Waals surface area contributed by atoms with Crippen molar-refractivity contribution >= 4 is 23.4 Å². The minimum Gasteiger partial charge on any atom is -0.353 e. The Balaban J connectivity index is 2.73. The summed E-state index contributed by atoms with van der Waals surface area (Å²) in [5.74, 6) is 0. The molecule has 0 aromatic heterocycles. The van der Waals surface area contributed by atoms with Crippen LogP contribution >= 0.6 is 23.4 Å². The summed E-state index contributed by atoms with van der Waals surface area (Å²) in [4.78, 5) is 3.42. The average Bonchev–Trinajstić information content (AvgIpc) is 2.17. The highest BCUT2D eigenvalue weighted by atomic mass is 35.5. The number of nitrogens with zero attached hydrogens (tertiary/aromatic N) is 1. The van der Waals surface area contributed by atoms with Crippen LogP contribution in [0.4, 0.5) is 0 Å². The van der Waals surface area contributed by atoms with Crippen molar-refractivity contribution in [1.29, 1.82) is 0 Å². The Morgan fingerprint density at radius 3 is 2.50 bits per heavy atom. The van der Waals surface area contributed by atoms with E-state index in [1.165, 1.54) is 4.91 Å². The molecule has 0 aliphatic carbocycles. The third-order valence-electron chi connectivity index (χ3n) is 1.72. The molecule has 1 unspecified atom stereocenters. The molecule has 0 fully saturated rings. The van der Waals surface area contributed by atoms with Crippen LogP contribution in [0.5, 0.6) is 0 Å².